The lowest BCUT2D eigenvalue weighted by Crippen LogP contribution is -1.95. The summed E-state index contributed by atoms with van der Waals surface area (Å²) < 4.78 is 5.16. The van der Waals surface area contributed by atoms with Crippen molar-refractivity contribution in [1.29, 1.82) is 0 Å². The van der Waals surface area contributed by atoms with Gasteiger partial charge in [0, 0.05) is 5.56 Å². The second kappa shape index (κ2) is 5.02. The van der Waals surface area contributed by atoms with Crippen molar-refractivity contribution < 1.29 is 9.53 Å². The number of methoxy groups -OCH3 is 1. The van der Waals surface area contributed by atoms with Gasteiger partial charge in [0.15, 0.2) is 0 Å². The van der Waals surface area contributed by atoms with Gasteiger partial charge in [0.25, 0.3) is 5.24 Å². The van der Waals surface area contributed by atoms with Gasteiger partial charge in [-0.2, -0.15) is 0 Å². The average Bonchev–Trinajstić information content (AvgIpc) is 2.39. The molecule has 2 rings (SSSR count). The molecule has 2 aromatic rings. The normalized spacial score (nSPS) is 10.0. The summed E-state index contributed by atoms with van der Waals surface area (Å²) in [5, 5.41) is -0.466. The maximum atomic E-state index is 11.4. The van der Waals surface area contributed by atoms with Crippen LogP contribution in [-0.4, -0.2) is 12.4 Å². The molecule has 0 unspecified atom stereocenters. The van der Waals surface area contributed by atoms with Crippen molar-refractivity contribution >= 4 is 16.8 Å². The minimum absolute atomic E-state index is 0.466. The Morgan fingerprint density at radius 1 is 1.12 bits per heavy atom. The summed E-state index contributed by atoms with van der Waals surface area (Å²) in [6.45, 7) is 0. The van der Waals surface area contributed by atoms with E-state index in [9.17, 15) is 4.79 Å². The van der Waals surface area contributed by atoms with Gasteiger partial charge in [-0.1, -0.05) is 30.3 Å². The van der Waals surface area contributed by atoms with Gasteiger partial charge in [-0.05, 0) is 40.9 Å². The molecule has 0 heterocycles. The summed E-state index contributed by atoms with van der Waals surface area (Å²) in [6, 6.07) is 14.8. The molecule has 0 atom stereocenters. The van der Waals surface area contributed by atoms with E-state index in [-0.39, 0.29) is 0 Å². The summed E-state index contributed by atoms with van der Waals surface area (Å²) in [7, 11) is 1.59. The van der Waals surface area contributed by atoms with E-state index in [1.807, 2.05) is 36.4 Å². The van der Waals surface area contributed by atoms with Gasteiger partial charge in [-0.15, -0.1) is 0 Å². The number of rotatable bonds is 3. The van der Waals surface area contributed by atoms with Crippen LogP contribution in [0.4, 0.5) is 0 Å². The van der Waals surface area contributed by atoms with E-state index >= 15 is 0 Å². The molecular weight excluding hydrogens is 236 g/mol. The van der Waals surface area contributed by atoms with E-state index < -0.39 is 5.24 Å². The van der Waals surface area contributed by atoms with Gasteiger partial charge in [0.1, 0.15) is 5.75 Å². The highest BCUT2D eigenvalue weighted by atomic mass is 35.5. The molecule has 86 valence electrons. The Labute approximate surface area is 105 Å². The van der Waals surface area contributed by atoms with Crippen molar-refractivity contribution in [2.75, 3.05) is 7.11 Å². The number of carbonyl (C=O) groups excluding carboxylic acids is 1. The highest BCUT2D eigenvalue weighted by Gasteiger charge is 2.11. The molecule has 0 aromatic heterocycles. The predicted octanol–water partition coefficient (Wildman–Crippen LogP) is 3.74. The number of carbonyl (C=O) groups is 1. The van der Waals surface area contributed by atoms with Gasteiger partial charge in [-0.3, -0.25) is 4.79 Å². The minimum Gasteiger partial charge on any atom is -0.497 e. The summed E-state index contributed by atoms with van der Waals surface area (Å²) in [4.78, 5) is 11.4. The third-order valence-electron chi connectivity index (χ3n) is 2.52. The van der Waals surface area contributed by atoms with E-state index in [0.717, 1.165) is 11.1 Å². The van der Waals surface area contributed by atoms with E-state index in [4.69, 9.17) is 16.3 Å². The topological polar surface area (TPSA) is 26.3 Å². The van der Waals surface area contributed by atoms with Gasteiger partial charge in [0.2, 0.25) is 0 Å². The van der Waals surface area contributed by atoms with Crippen molar-refractivity contribution in [2.24, 2.45) is 0 Å². The highest BCUT2D eigenvalue weighted by molar-refractivity contribution is 6.68. The number of benzene rings is 2. The Kier molecular flexibility index (Phi) is 3.45. The molecule has 0 spiro atoms. The van der Waals surface area contributed by atoms with E-state index in [1.165, 1.54) is 0 Å². The maximum absolute atomic E-state index is 11.4. The fourth-order valence-electron chi connectivity index (χ4n) is 1.68. The molecule has 0 fully saturated rings. The maximum Gasteiger partial charge on any atom is 0.253 e. The number of hydrogen-bond donors (Lipinski definition) is 0. The van der Waals surface area contributed by atoms with E-state index in [2.05, 4.69) is 0 Å². The molecular formula is C14H11ClO2. The van der Waals surface area contributed by atoms with Crippen molar-refractivity contribution in [1.82, 2.24) is 0 Å². The first-order valence-electron chi connectivity index (χ1n) is 5.15. The first-order chi connectivity index (χ1) is 8.22. The minimum atomic E-state index is -0.466. The lowest BCUT2D eigenvalue weighted by molar-refractivity contribution is 0.108. The Bertz CT molecular complexity index is 535. The van der Waals surface area contributed by atoms with Crippen molar-refractivity contribution in [2.45, 2.75) is 0 Å². The van der Waals surface area contributed by atoms with Crippen LogP contribution in [0.25, 0.3) is 11.1 Å². The zero-order valence-electron chi connectivity index (χ0n) is 9.31. The smallest absolute Gasteiger partial charge is 0.253 e. The van der Waals surface area contributed by atoms with Crippen LogP contribution in [0.15, 0.2) is 48.5 Å². The second-order valence-corrected chi connectivity index (χ2v) is 3.89. The van der Waals surface area contributed by atoms with Gasteiger partial charge in [0.05, 0.1) is 7.11 Å². The van der Waals surface area contributed by atoms with Crippen LogP contribution in [0.1, 0.15) is 10.4 Å². The highest BCUT2D eigenvalue weighted by Crippen LogP contribution is 2.28. The molecule has 0 N–H and O–H groups in total. The van der Waals surface area contributed by atoms with E-state index in [1.54, 1.807) is 19.2 Å². The zero-order valence-corrected chi connectivity index (χ0v) is 10.1. The first-order valence-corrected chi connectivity index (χ1v) is 5.53. The second-order valence-electron chi connectivity index (χ2n) is 3.55. The fourth-order valence-corrected chi connectivity index (χ4v) is 1.84. The van der Waals surface area contributed by atoms with E-state index in [0.29, 0.717) is 11.3 Å². The van der Waals surface area contributed by atoms with Gasteiger partial charge >= 0.3 is 0 Å². The summed E-state index contributed by atoms with van der Waals surface area (Å²) in [5.74, 6) is 0.700. The lowest BCUT2D eigenvalue weighted by atomic mass is 10.00. The molecule has 0 aliphatic carbocycles. The van der Waals surface area contributed by atoms with Crippen LogP contribution in [0.5, 0.6) is 5.75 Å². The van der Waals surface area contributed by atoms with Crippen molar-refractivity contribution in [3.8, 4) is 16.9 Å². The van der Waals surface area contributed by atoms with Crippen molar-refractivity contribution in [3.63, 3.8) is 0 Å². The van der Waals surface area contributed by atoms with Crippen LogP contribution in [-0.2, 0) is 0 Å². The van der Waals surface area contributed by atoms with Crippen LogP contribution in [0.2, 0.25) is 0 Å². The molecule has 3 heteroatoms. The van der Waals surface area contributed by atoms with Crippen LogP contribution in [0.3, 0.4) is 0 Å². The molecule has 0 bridgehead atoms. The largest absolute Gasteiger partial charge is 0.497 e. The third kappa shape index (κ3) is 2.48. The molecule has 17 heavy (non-hydrogen) atoms. The Morgan fingerprint density at radius 3 is 2.41 bits per heavy atom. The number of ether oxygens (including phenoxy) is 1. The standard InChI is InChI=1S/C14H11ClO2/c1-17-11-7-8-12(14(15)16)13(9-11)10-5-3-2-4-6-10/h2-9H,1H3. The molecule has 0 amide bonds. The quantitative estimate of drug-likeness (QED) is 0.771. The number of halogens is 1. The molecule has 2 aromatic carbocycles. The molecule has 0 aliphatic heterocycles. The third-order valence-corrected chi connectivity index (χ3v) is 2.73. The molecule has 0 saturated carbocycles. The lowest BCUT2D eigenvalue weighted by Gasteiger charge is -2.08. The monoisotopic (exact) mass is 246 g/mol. The molecule has 0 saturated heterocycles. The van der Waals surface area contributed by atoms with Gasteiger partial charge < -0.3 is 4.74 Å². The van der Waals surface area contributed by atoms with Crippen molar-refractivity contribution in [3.05, 3.63) is 54.1 Å². The average molecular weight is 247 g/mol. The Hall–Kier alpha value is -1.80. The molecule has 0 aliphatic rings. The van der Waals surface area contributed by atoms with Crippen LogP contribution in [0, 0.1) is 0 Å². The SMILES string of the molecule is COc1ccc(C(=O)Cl)c(-c2ccccc2)c1. The van der Waals surface area contributed by atoms with Crippen LogP contribution >= 0.6 is 11.6 Å². The molecule has 2 nitrogen and oxygen atoms in total. The first kappa shape index (κ1) is 11.7. The molecule has 0 radical (unpaired) electrons. The number of hydrogen-bond acceptors (Lipinski definition) is 2. The van der Waals surface area contributed by atoms with Gasteiger partial charge in [-0.25, -0.2) is 0 Å². The Balaban J connectivity index is 2.61. The van der Waals surface area contributed by atoms with Crippen LogP contribution < -0.4 is 4.74 Å². The fraction of sp³-hybridized carbons (Fsp3) is 0.0714. The summed E-state index contributed by atoms with van der Waals surface area (Å²) >= 11 is 5.57. The Morgan fingerprint density at radius 2 is 1.82 bits per heavy atom. The zero-order chi connectivity index (χ0) is 12.3. The summed E-state index contributed by atoms with van der Waals surface area (Å²) in [5.41, 5.74) is 2.21. The summed E-state index contributed by atoms with van der Waals surface area (Å²) in [6.07, 6.45) is 0. The predicted molar refractivity (Wildman–Crippen MR) is 68.6 cm³/mol.